The number of hydrogen-bond donors (Lipinski definition) is 2. The second-order valence-corrected chi connectivity index (χ2v) is 9.23. The molecule has 0 spiro atoms. The maximum absolute atomic E-state index is 10.5. The highest BCUT2D eigenvalue weighted by Gasteiger charge is 2.22. The Hall–Kier alpha value is -2.60. The van der Waals surface area contributed by atoms with Crippen molar-refractivity contribution in [2.24, 2.45) is 0 Å². The van der Waals surface area contributed by atoms with Gasteiger partial charge in [0.1, 0.15) is 17.8 Å². The van der Waals surface area contributed by atoms with Crippen LogP contribution in [0.15, 0.2) is 12.1 Å². The molecule has 2 unspecified atom stereocenters. The van der Waals surface area contributed by atoms with Gasteiger partial charge in [0.15, 0.2) is 0 Å². The van der Waals surface area contributed by atoms with E-state index in [2.05, 4.69) is 27.0 Å². The zero-order valence-corrected chi connectivity index (χ0v) is 20.3. The summed E-state index contributed by atoms with van der Waals surface area (Å²) in [5.74, 6) is 8.75. The van der Waals surface area contributed by atoms with Gasteiger partial charge in [-0.25, -0.2) is 4.98 Å². The van der Waals surface area contributed by atoms with Crippen LogP contribution < -0.4 is 15.0 Å². The molecular formula is C25H36N6O2. The number of nitrogens with one attached hydrogen (secondary N) is 1. The van der Waals surface area contributed by atoms with Gasteiger partial charge in [-0.05, 0) is 71.9 Å². The Morgan fingerprint density at radius 3 is 2.48 bits per heavy atom. The minimum atomic E-state index is -0.650. The zero-order valence-electron chi connectivity index (χ0n) is 20.3. The molecule has 0 radical (unpaired) electrons. The average molecular weight is 453 g/mol. The summed E-state index contributed by atoms with van der Waals surface area (Å²) >= 11 is 0. The summed E-state index contributed by atoms with van der Waals surface area (Å²) in [5.41, 5.74) is 1.66. The van der Waals surface area contributed by atoms with Crippen LogP contribution in [0.2, 0.25) is 0 Å². The van der Waals surface area contributed by atoms with Crippen LogP contribution in [0.4, 0.5) is 11.8 Å². The predicted molar refractivity (Wildman–Crippen MR) is 133 cm³/mol. The summed E-state index contributed by atoms with van der Waals surface area (Å²) in [7, 11) is 5.37. The van der Waals surface area contributed by atoms with Crippen LogP contribution in [-0.4, -0.2) is 91.1 Å². The molecule has 8 nitrogen and oxygen atoms in total. The Kier molecular flexibility index (Phi) is 7.53. The normalized spacial score (nSPS) is 18.4. The van der Waals surface area contributed by atoms with Gasteiger partial charge in [-0.15, -0.1) is 0 Å². The molecular weight excluding hydrogens is 416 g/mol. The summed E-state index contributed by atoms with van der Waals surface area (Å²) in [6.45, 7) is 6.89. The topological polar surface area (TPSA) is 77.0 Å². The maximum atomic E-state index is 10.5. The number of nitrogens with zero attached hydrogens (tertiary/aromatic N) is 5. The van der Waals surface area contributed by atoms with Crippen molar-refractivity contribution in [2.75, 3.05) is 64.1 Å². The smallest absolute Gasteiger partial charge is 0.227 e. The van der Waals surface area contributed by atoms with Crippen molar-refractivity contribution < 1.29 is 9.84 Å². The number of aromatic nitrogens is 2. The van der Waals surface area contributed by atoms with E-state index in [9.17, 15) is 5.11 Å². The molecule has 2 aliphatic rings. The summed E-state index contributed by atoms with van der Waals surface area (Å²) < 4.78 is 5.68. The minimum Gasteiger partial charge on any atom is -0.495 e. The maximum Gasteiger partial charge on any atom is 0.227 e. The van der Waals surface area contributed by atoms with E-state index in [0.29, 0.717) is 11.6 Å². The molecule has 0 aliphatic carbocycles. The number of benzene rings is 1. The van der Waals surface area contributed by atoms with E-state index in [0.717, 1.165) is 68.0 Å². The minimum absolute atomic E-state index is 0.226. The van der Waals surface area contributed by atoms with E-state index in [1.165, 1.54) is 12.8 Å². The van der Waals surface area contributed by atoms with E-state index in [4.69, 9.17) is 14.7 Å². The van der Waals surface area contributed by atoms with Gasteiger partial charge in [0.25, 0.3) is 0 Å². The van der Waals surface area contributed by atoms with Crippen molar-refractivity contribution in [1.82, 2.24) is 19.8 Å². The Morgan fingerprint density at radius 2 is 1.82 bits per heavy atom. The van der Waals surface area contributed by atoms with Gasteiger partial charge in [0.2, 0.25) is 5.95 Å². The molecule has 178 valence electrons. The number of hydrogen-bond acceptors (Lipinski definition) is 8. The zero-order chi connectivity index (χ0) is 23.4. The third kappa shape index (κ3) is 5.49. The molecule has 33 heavy (non-hydrogen) atoms. The second-order valence-electron chi connectivity index (χ2n) is 9.23. The molecule has 1 aromatic carbocycles. The van der Waals surface area contributed by atoms with Crippen LogP contribution >= 0.6 is 0 Å². The second kappa shape index (κ2) is 10.6. The number of likely N-dealkylation sites (tertiary alicyclic amines) is 1. The molecule has 2 aliphatic heterocycles. The molecule has 2 fully saturated rings. The summed E-state index contributed by atoms with van der Waals surface area (Å²) in [6, 6.07) is 3.74. The molecule has 0 bridgehead atoms. The monoisotopic (exact) mass is 452 g/mol. The van der Waals surface area contributed by atoms with Crippen molar-refractivity contribution in [1.29, 1.82) is 0 Å². The number of aliphatic hydroxyl groups excluding tert-OH is 1. The first-order valence-electron chi connectivity index (χ1n) is 11.9. The van der Waals surface area contributed by atoms with Crippen molar-refractivity contribution in [2.45, 2.75) is 44.9 Å². The average Bonchev–Trinajstić information content (AvgIpc) is 3.52. The van der Waals surface area contributed by atoms with E-state index in [1.54, 1.807) is 12.0 Å². The number of likely N-dealkylation sites (N-methyl/N-ethyl adjacent to an activating group) is 1. The first-order valence-corrected chi connectivity index (χ1v) is 11.9. The summed E-state index contributed by atoms with van der Waals surface area (Å²) in [6.07, 6.45) is 4.16. The third-order valence-corrected chi connectivity index (χ3v) is 6.46. The lowest BCUT2D eigenvalue weighted by Crippen LogP contribution is -2.41. The third-order valence-electron chi connectivity index (χ3n) is 6.46. The fourth-order valence-electron chi connectivity index (χ4n) is 4.50. The van der Waals surface area contributed by atoms with Gasteiger partial charge in [-0.2, -0.15) is 4.98 Å². The Labute approximate surface area is 196 Å². The lowest BCUT2D eigenvalue weighted by atomic mass is 10.1. The number of rotatable bonds is 7. The van der Waals surface area contributed by atoms with Gasteiger partial charge < -0.3 is 20.1 Å². The van der Waals surface area contributed by atoms with E-state index in [-0.39, 0.29) is 6.04 Å². The van der Waals surface area contributed by atoms with Gasteiger partial charge in [0, 0.05) is 18.5 Å². The van der Waals surface area contributed by atoms with Crippen LogP contribution in [-0.2, 0) is 0 Å². The standard InChI is InChI=1S/C25H36N6O2/c1-18(24(32)29(2)3)26-23-20-17-22(33-4)19(10-9-13-30-11-5-6-12-30)16-21(20)27-25(28-23)31-14-7-8-15-31/h16-18,24,32H,5-8,11-15H2,1-4H3,(H,26,27,28). The number of ether oxygens (including phenoxy) is 1. The van der Waals surface area contributed by atoms with Crippen molar-refractivity contribution >= 4 is 22.7 Å². The van der Waals surface area contributed by atoms with E-state index in [1.807, 2.05) is 33.2 Å². The summed E-state index contributed by atoms with van der Waals surface area (Å²) in [5, 5.41) is 14.8. The molecule has 2 aromatic rings. The highest BCUT2D eigenvalue weighted by atomic mass is 16.5. The number of anilines is 2. The number of methoxy groups -OCH3 is 1. The van der Waals surface area contributed by atoms with Crippen LogP contribution in [0.1, 0.15) is 38.2 Å². The molecule has 3 heterocycles. The molecule has 1 aromatic heterocycles. The molecule has 2 N–H and O–H groups in total. The predicted octanol–water partition coefficient (Wildman–Crippen LogP) is 2.37. The Morgan fingerprint density at radius 1 is 1.12 bits per heavy atom. The highest BCUT2D eigenvalue weighted by molar-refractivity contribution is 5.93. The van der Waals surface area contributed by atoms with E-state index >= 15 is 0 Å². The molecule has 8 heteroatoms. The van der Waals surface area contributed by atoms with Crippen LogP contribution in [0.25, 0.3) is 10.9 Å². The lowest BCUT2D eigenvalue weighted by Gasteiger charge is -2.27. The van der Waals surface area contributed by atoms with E-state index < -0.39 is 6.23 Å². The molecule has 2 atom stereocenters. The first kappa shape index (κ1) is 23.6. The van der Waals surface area contributed by atoms with Gasteiger partial charge in [-0.1, -0.05) is 11.8 Å². The van der Waals surface area contributed by atoms with Crippen LogP contribution in [0.5, 0.6) is 5.75 Å². The molecule has 2 saturated heterocycles. The lowest BCUT2D eigenvalue weighted by molar-refractivity contribution is 0.0286. The Bertz CT molecular complexity index is 1020. The van der Waals surface area contributed by atoms with Crippen molar-refractivity contribution in [3.63, 3.8) is 0 Å². The van der Waals surface area contributed by atoms with Crippen LogP contribution in [0.3, 0.4) is 0 Å². The number of aliphatic hydroxyl groups is 1. The Balaban J connectivity index is 1.72. The molecule has 0 amide bonds. The van der Waals surface area contributed by atoms with Gasteiger partial charge in [-0.3, -0.25) is 9.80 Å². The largest absolute Gasteiger partial charge is 0.495 e. The number of fused-ring (bicyclic) bond motifs is 1. The fourth-order valence-corrected chi connectivity index (χ4v) is 4.50. The van der Waals surface area contributed by atoms with Crippen molar-refractivity contribution in [3.8, 4) is 17.6 Å². The highest BCUT2D eigenvalue weighted by Crippen LogP contribution is 2.31. The summed E-state index contributed by atoms with van der Waals surface area (Å²) in [4.78, 5) is 16.1. The fraction of sp³-hybridized carbons (Fsp3) is 0.600. The van der Waals surface area contributed by atoms with Gasteiger partial charge >= 0.3 is 0 Å². The molecule has 0 saturated carbocycles. The van der Waals surface area contributed by atoms with Gasteiger partial charge in [0.05, 0.1) is 30.8 Å². The quantitative estimate of drug-likeness (QED) is 0.490. The molecule has 4 rings (SSSR count). The van der Waals surface area contributed by atoms with Crippen LogP contribution in [0, 0.1) is 11.8 Å². The first-order chi connectivity index (χ1) is 16.0. The SMILES string of the molecule is COc1cc2c(NC(C)C(O)N(C)C)nc(N3CCCC3)nc2cc1C#CCN1CCCC1. The van der Waals surface area contributed by atoms with Crippen molar-refractivity contribution in [3.05, 3.63) is 17.7 Å².